The van der Waals surface area contributed by atoms with Gasteiger partial charge in [-0.15, -0.1) is 10.2 Å². The summed E-state index contributed by atoms with van der Waals surface area (Å²) < 4.78 is 1.46. The highest BCUT2D eigenvalue weighted by Crippen LogP contribution is 2.22. The number of thioether (sulfide) groups is 1. The van der Waals surface area contributed by atoms with E-state index in [1.807, 2.05) is 20.8 Å². The van der Waals surface area contributed by atoms with E-state index >= 15 is 0 Å². The number of aromatic nitrogens is 3. The van der Waals surface area contributed by atoms with Crippen LogP contribution in [0.1, 0.15) is 46.4 Å². The highest BCUT2D eigenvalue weighted by Gasteiger charge is 2.23. The van der Waals surface area contributed by atoms with Crippen LogP contribution in [0.4, 0.5) is 0 Å². The fourth-order valence-corrected chi connectivity index (χ4v) is 2.16. The Morgan fingerprint density at radius 1 is 1.42 bits per heavy atom. The lowest BCUT2D eigenvalue weighted by Crippen LogP contribution is -2.27. The Morgan fingerprint density at radius 2 is 2.11 bits per heavy atom. The van der Waals surface area contributed by atoms with Crippen molar-refractivity contribution in [3.63, 3.8) is 0 Å². The van der Waals surface area contributed by atoms with Crippen LogP contribution in [-0.4, -0.2) is 33.1 Å². The van der Waals surface area contributed by atoms with Gasteiger partial charge in [-0.25, -0.2) is 4.68 Å². The number of nitrogens with one attached hydrogen (secondary N) is 1. The molecule has 1 aromatic heterocycles. The number of unbranched alkanes of at least 4 members (excludes halogenated alkanes) is 1. The van der Waals surface area contributed by atoms with E-state index < -0.39 is 0 Å². The van der Waals surface area contributed by atoms with Gasteiger partial charge in [0, 0.05) is 12.0 Å². The number of nitrogens with zero attached hydrogens (tertiary/aromatic N) is 3. The topological polar surface area (TPSA) is 85.8 Å². The van der Waals surface area contributed by atoms with Crippen LogP contribution in [0, 0.1) is 0 Å². The highest BCUT2D eigenvalue weighted by atomic mass is 32.2. The molecule has 19 heavy (non-hydrogen) atoms. The number of rotatable bonds is 6. The van der Waals surface area contributed by atoms with Crippen molar-refractivity contribution < 1.29 is 4.79 Å². The Hall–Kier alpha value is -1.24. The van der Waals surface area contributed by atoms with Crippen LogP contribution >= 0.6 is 11.8 Å². The summed E-state index contributed by atoms with van der Waals surface area (Å²) in [6, 6.07) is 0. The molecule has 0 spiro atoms. The van der Waals surface area contributed by atoms with E-state index in [1.54, 1.807) is 0 Å². The van der Waals surface area contributed by atoms with Crippen molar-refractivity contribution in [2.45, 2.75) is 51.1 Å². The van der Waals surface area contributed by atoms with E-state index in [-0.39, 0.29) is 11.3 Å². The lowest BCUT2D eigenvalue weighted by Gasteiger charge is -2.16. The average Bonchev–Trinajstić information content (AvgIpc) is 2.68. The summed E-state index contributed by atoms with van der Waals surface area (Å²) in [5, 5.41) is 11.5. The molecule has 0 radical (unpaired) electrons. The van der Waals surface area contributed by atoms with Crippen LogP contribution in [0.2, 0.25) is 0 Å². The SMILES string of the molecule is CCCCNC(=O)CSc1nnc(C(C)(C)C)n1N. The number of carbonyl (C=O) groups is 1. The Labute approximate surface area is 118 Å². The van der Waals surface area contributed by atoms with Gasteiger partial charge in [0.25, 0.3) is 0 Å². The van der Waals surface area contributed by atoms with Gasteiger partial charge in [0.15, 0.2) is 5.82 Å². The third-order valence-corrected chi connectivity index (χ3v) is 3.46. The van der Waals surface area contributed by atoms with Crippen molar-refractivity contribution in [1.29, 1.82) is 0 Å². The van der Waals surface area contributed by atoms with Crippen LogP contribution in [0.3, 0.4) is 0 Å². The molecule has 108 valence electrons. The van der Waals surface area contributed by atoms with Gasteiger partial charge in [-0.1, -0.05) is 45.9 Å². The number of hydrogen-bond acceptors (Lipinski definition) is 5. The third-order valence-electron chi connectivity index (χ3n) is 2.52. The molecule has 0 fully saturated rings. The molecule has 1 aromatic rings. The van der Waals surface area contributed by atoms with Gasteiger partial charge in [0.1, 0.15) is 0 Å². The van der Waals surface area contributed by atoms with E-state index in [2.05, 4.69) is 22.4 Å². The Balaban J connectivity index is 2.50. The predicted molar refractivity (Wildman–Crippen MR) is 77.5 cm³/mol. The van der Waals surface area contributed by atoms with Crippen LogP contribution in [0.25, 0.3) is 0 Å². The summed E-state index contributed by atoms with van der Waals surface area (Å²) in [5.74, 6) is 6.95. The van der Waals surface area contributed by atoms with Crippen LogP contribution in [-0.2, 0) is 10.2 Å². The molecule has 1 heterocycles. The molecule has 1 amide bonds. The number of carbonyl (C=O) groups excluding carboxylic acids is 1. The molecule has 0 atom stereocenters. The zero-order valence-electron chi connectivity index (χ0n) is 12.1. The molecule has 0 aromatic carbocycles. The molecular formula is C12H23N5OS. The number of nitrogen functional groups attached to an aromatic ring is 1. The van der Waals surface area contributed by atoms with E-state index in [9.17, 15) is 4.79 Å². The lowest BCUT2D eigenvalue weighted by atomic mass is 9.96. The quantitative estimate of drug-likeness (QED) is 0.467. The minimum absolute atomic E-state index is 0.00115. The molecule has 0 saturated carbocycles. The standard InChI is InChI=1S/C12H23N5OS/c1-5-6-7-14-9(18)8-19-11-16-15-10(17(11)13)12(2,3)4/h5-8,13H2,1-4H3,(H,14,18). The molecule has 7 heteroatoms. The molecule has 0 aliphatic rings. The van der Waals surface area contributed by atoms with Crippen molar-refractivity contribution >= 4 is 17.7 Å². The third kappa shape index (κ3) is 4.74. The second-order valence-electron chi connectivity index (χ2n) is 5.42. The van der Waals surface area contributed by atoms with E-state index in [4.69, 9.17) is 5.84 Å². The minimum Gasteiger partial charge on any atom is -0.355 e. The fraction of sp³-hybridized carbons (Fsp3) is 0.750. The molecule has 0 unspecified atom stereocenters. The van der Waals surface area contributed by atoms with Crippen molar-refractivity contribution in [3.8, 4) is 0 Å². The van der Waals surface area contributed by atoms with Gasteiger partial charge in [0.05, 0.1) is 5.75 Å². The van der Waals surface area contributed by atoms with Crippen LogP contribution < -0.4 is 11.2 Å². The van der Waals surface area contributed by atoms with Gasteiger partial charge in [-0.05, 0) is 6.42 Å². The van der Waals surface area contributed by atoms with E-state index in [0.717, 1.165) is 19.4 Å². The molecule has 1 rings (SSSR count). The van der Waals surface area contributed by atoms with Gasteiger partial charge in [-0.2, -0.15) is 0 Å². The van der Waals surface area contributed by atoms with Gasteiger partial charge in [-0.3, -0.25) is 4.79 Å². The molecule has 0 aliphatic carbocycles. The first-order valence-corrected chi connectivity index (χ1v) is 7.45. The molecule has 0 saturated heterocycles. The summed E-state index contributed by atoms with van der Waals surface area (Å²) in [6.45, 7) is 8.87. The van der Waals surface area contributed by atoms with E-state index in [1.165, 1.54) is 16.4 Å². The normalized spacial score (nSPS) is 11.6. The second-order valence-corrected chi connectivity index (χ2v) is 6.36. The largest absolute Gasteiger partial charge is 0.355 e. The summed E-state index contributed by atoms with van der Waals surface area (Å²) in [7, 11) is 0. The van der Waals surface area contributed by atoms with Gasteiger partial charge < -0.3 is 11.2 Å². The van der Waals surface area contributed by atoms with Crippen molar-refractivity contribution in [2.24, 2.45) is 0 Å². The first-order chi connectivity index (χ1) is 8.86. The van der Waals surface area contributed by atoms with Crippen LogP contribution in [0.15, 0.2) is 5.16 Å². The zero-order chi connectivity index (χ0) is 14.5. The Bertz CT molecular complexity index is 424. The fourth-order valence-electron chi connectivity index (χ4n) is 1.47. The Morgan fingerprint density at radius 3 is 2.63 bits per heavy atom. The maximum Gasteiger partial charge on any atom is 0.230 e. The summed E-state index contributed by atoms with van der Waals surface area (Å²) >= 11 is 1.30. The monoisotopic (exact) mass is 285 g/mol. The first kappa shape index (κ1) is 15.8. The highest BCUT2D eigenvalue weighted by molar-refractivity contribution is 7.99. The maximum atomic E-state index is 11.6. The molecule has 0 bridgehead atoms. The Kier molecular flexibility index (Phi) is 5.65. The lowest BCUT2D eigenvalue weighted by molar-refractivity contribution is -0.118. The van der Waals surface area contributed by atoms with E-state index in [0.29, 0.717) is 16.7 Å². The van der Waals surface area contributed by atoms with Crippen molar-refractivity contribution in [3.05, 3.63) is 5.82 Å². The average molecular weight is 285 g/mol. The molecule has 0 aliphatic heterocycles. The first-order valence-electron chi connectivity index (χ1n) is 6.46. The van der Waals surface area contributed by atoms with Crippen molar-refractivity contribution in [2.75, 3.05) is 18.1 Å². The summed E-state index contributed by atoms with van der Waals surface area (Å²) in [5.41, 5.74) is -0.163. The maximum absolute atomic E-state index is 11.6. The van der Waals surface area contributed by atoms with Gasteiger partial charge >= 0.3 is 0 Å². The van der Waals surface area contributed by atoms with Crippen molar-refractivity contribution in [1.82, 2.24) is 20.2 Å². The summed E-state index contributed by atoms with van der Waals surface area (Å²) in [4.78, 5) is 11.6. The number of amides is 1. The molecule has 3 N–H and O–H groups in total. The minimum atomic E-state index is -0.163. The second kappa shape index (κ2) is 6.79. The van der Waals surface area contributed by atoms with Gasteiger partial charge in [0.2, 0.25) is 11.1 Å². The molecule has 6 nitrogen and oxygen atoms in total. The molecular weight excluding hydrogens is 262 g/mol. The zero-order valence-corrected chi connectivity index (χ0v) is 12.9. The number of nitrogens with two attached hydrogens (primary N) is 1. The van der Waals surface area contributed by atoms with Crippen LogP contribution in [0.5, 0.6) is 0 Å². The summed E-state index contributed by atoms with van der Waals surface area (Å²) in [6.07, 6.45) is 2.07. The predicted octanol–water partition coefficient (Wildman–Crippen LogP) is 1.30. The smallest absolute Gasteiger partial charge is 0.230 e. The number of hydrogen-bond donors (Lipinski definition) is 2.